The average Bonchev–Trinajstić information content (AvgIpc) is 3.54. The molecule has 0 bridgehead atoms. The van der Waals surface area contributed by atoms with E-state index in [2.05, 4.69) is 42.4 Å². The van der Waals surface area contributed by atoms with E-state index < -0.39 is 5.60 Å². The number of carbonyl (C=O) groups is 1. The minimum atomic E-state index is -0.540. The van der Waals surface area contributed by atoms with Crippen LogP contribution in [0.1, 0.15) is 70.7 Å². The van der Waals surface area contributed by atoms with Crippen molar-refractivity contribution >= 4 is 17.6 Å². The Morgan fingerprint density at radius 2 is 1.87 bits per heavy atom. The Morgan fingerprint density at radius 1 is 1.13 bits per heavy atom. The van der Waals surface area contributed by atoms with E-state index >= 15 is 0 Å². The van der Waals surface area contributed by atoms with Crippen molar-refractivity contribution in [2.75, 3.05) is 31.1 Å². The third kappa shape index (κ3) is 4.05. The van der Waals surface area contributed by atoms with Gasteiger partial charge in [-0.2, -0.15) is 9.50 Å². The summed E-state index contributed by atoms with van der Waals surface area (Å²) in [5, 5.41) is 4.71. The van der Waals surface area contributed by atoms with Gasteiger partial charge in [0.1, 0.15) is 11.3 Å². The standard InChI is InChI=1S/C28H36N6O4/c1-17-9-10-33-21(17)22(31-11-13-32(14-12-31)26(36)38-27(2,3)4)24(35)34-25(33)29-23(30-34)18-7-8-20-19(15-18)16-37-28(20,5)6/h7-8,15,17H,9-14,16H2,1-6H3. The Bertz CT molecular complexity index is 1490. The molecule has 1 aromatic carbocycles. The first-order chi connectivity index (χ1) is 17.9. The maximum absolute atomic E-state index is 13.9. The molecule has 0 spiro atoms. The summed E-state index contributed by atoms with van der Waals surface area (Å²) in [5.41, 5.74) is 3.85. The maximum Gasteiger partial charge on any atom is 0.410 e. The third-order valence-corrected chi connectivity index (χ3v) is 7.86. The average molecular weight is 521 g/mol. The second kappa shape index (κ2) is 8.56. The lowest BCUT2D eigenvalue weighted by Gasteiger charge is -2.37. The van der Waals surface area contributed by atoms with Crippen LogP contribution in [0.5, 0.6) is 0 Å². The first-order valence-corrected chi connectivity index (χ1v) is 13.5. The molecule has 6 rings (SSSR count). The summed E-state index contributed by atoms with van der Waals surface area (Å²) in [6, 6.07) is 6.17. The van der Waals surface area contributed by atoms with Gasteiger partial charge in [-0.05, 0) is 58.2 Å². The number of hydrogen-bond acceptors (Lipinski definition) is 7. The topological polar surface area (TPSA) is 94.2 Å². The largest absolute Gasteiger partial charge is 0.444 e. The molecule has 1 fully saturated rings. The molecule has 10 heteroatoms. The van der Waals surface area contributed by atoms with Crippen molar-refractivity contribution in [2.24, 2.45) is 0 Å². The molecule has 0 aliphatic carbocycles. The number of anilines is 1. The van der Waals surface area contributed by atoms with Crippen LogP contribution in [0.2, 0.25) is 0 Å². The molecule has 202 valence electrons. The molecule has 1 saturated heterocycles. The monoisotopic (exact) mass is 520 g/mol. The highest BCUT2D eigenvalue weighted by atomic mass is 16.6. The number of ether oxygens (including phenoxy) is 2. The van der Waals surface area contributed by atoms with Gasteiger partial charge in [-0.15, -0.1) is 5.10 Å². The smallest absolute Gasteiger partial charge is 0.410 e. The molecule has 3 aliphatic heterocycles. The van der Waals surface area contributed by atoms with Gasteiger partial charge in [-0.3, -0.25) is 4.79 Å². The first kappa shape index (κ1) is 24.9. The molecular formula is C28H36N6O4. The third-order valence-electron chi connectivity index (χ3n) is 7.86. The van der Waals surface area contributed by atoms with Crippen LogP contribution in [0, 0.1) is 0 Å². The van der Waals surface area contributed by atoms with Gasteiger partial charge < -0.3 is 23.8 Å². The van der Waals surface area contributed by atoms with Crippen LogP contribution in [0.25, 0.3) is 17.2 Å². The molecule has 0 radical (unpaired) electrons. The molecule has 3 aliphatic rings. The molecule has 0 N–H and O–H groups in total. The van der Waals surface area contributed by atoms with Crippen molar-refractivity contribution in [3.8, 4) is 11.4 Å². The minimum Gasteiger partial charge on any atom is -0.444 e. The van der Waals surface area contributed by atoms with Gasteiger partial charge in [0.25, 0.3) is 5.56 Å². The quantitative estimate of drug-likeness (QED) is 0.506. The highest BCUT2D eigenvalue weighted by Crippen LogP contribution is 2.38. The van der Waals surface area contributed by atoms with Crippen LogP contribution < -0.4 is 10.5 Å². The summed E-state index contributed by atoms with van der Waals surface area (Å²) in [7, 11) is 0. The molecule has 38 heavy (non-hydrogen) atoms. The predicted molar refractivity (Wildman–Crippen MR) is 144 cm³/mol. The molecular weight excluding hydrogens is 484 g/mol. The summed E-state index contributed by atoms with van der Waals surface area (Å²) in [6.07, 6.45) is 0.629. The van der Waals surface area contributed by atoms with Crippen molar-refractivity contribution in [1.29, 1.82) is 0 Å². The van der Waals surface area contributed by atoms with Crippen molar-refractivity contribution in [3.63, 3.8) is 0 Å². The van der Waals surface area contributed by atoms with Crippen LogP contribution in [0.3, 0.4) is 0 Å². The van der Waals surface area contributed by atoms with Crippen LogP contribution >= 0.6 is 0 Å². The number of carbonyl (C=O) groups excluding carboxylic acids is 1. The fraction of sp³-hybridized carbons (Fsp3) is 0.571. The van der Waals surface area contributed by atoms with Gasteiger partial charge in [0.05, 0.1) is 17.9 Å². The van der Waals surface area contributed by atoms with E-state index in [-0.39, 0.29) is 23.2 Å². The zero-order chi connectivity index (χ0) is 27.0. The van der Waals surface area contributed by atoms with Gasteiger partial charge in [-0.25, -0.2) is 4.79 Å². The lowest BCUT2D eigenvalue weighted by atomic mass is 9.94. The number of aryl methyl sites for hydroxylation is 1. The molecule has 0 saturated carbocycles. The molecule has 5 heterocycles. The summed E-state index contributed by atoms with van der Waals surface area (Å²) in [5.74, 6) is 1.35. The Balaban J connectivity index is 1.36. The zero-order valence-corrected chi connectivity index (χ0v) is 23.1. The van der Waals surface area contributed by atoms with Crippen molar-refractivity contribution in [2.45, 2.75) is 78.2 Å². The van der Waals surface area contributed by atoms with E-state index in [1.807, 2.05) is 26.8 Å². The molecule has 1 atom stereocenters. The molecule has 1 amide bonds. The number of rotatable bonds is 2. The van der Waals surface area contributed by atoms with E-state index in [9.17, 15) is 9.59 Å². The van der Waals surface area contributed by atoms with E-state index in [1.54, 1.807) is 4.90 Å². The molecule has 3 aromatic rings. The van der Waals surface area contributed by atoms with E-state index in [1.165, 1.54) is 10.1 Å². The number of aromatic nitrogens is 4. The van der Waals surface area contributed by atoms with Crippen LogP contribution in [-0.4, -0.2) is 61.9 Å². The second-order valence-electron chi connectivity index (χ2n) is 12.2. The van der Waals surface area contributed by atoms with Crippen LogP contribution in [0.4, 0.5) is 10.5 Å². The molecule has 1 unspecified atom stereocenters. The van der Waals surface area contributed by atoms with Crippen molar-refractivity contribution in [1.82, 2.24) is 24.1 Å². The van der Waals surface area contributed by atoms with Gasteiger partial charge in [0, 0.05) is 44.2 Å². The van der Waals surface area contributed by atoms with E-state index in [0.717, 1.165) is 29.8 Å². The minimum absolute atomic E-state index is 0.157. The van der Waals surface area contributed by atoms with Crippen molar-refractivity contribution in [3.05, 3.63) is 45.4 Å². The Labute approximate surface area is 222 Å². The fourth-order valence-electron chi connectivity index (χ4n) is 5.87. The fourth-order valence-corrected chi connectivity index (χ4v) is 5.87. The first-order valence-electron chi connectivity index (χ1n) is 13.5. The SMILES string of the molecule is CC1CCn2c1c(N1CCN(C(=O)OC(C)(C)C)CC1)c(=O)n1nc(-c3ccc4c(c3)COC4(C)C)nc21. The highest BCUT2D eigenvalue weighted by Gasteiger charge is 2.34. The summed E-state index contributed by atoms with van der Waals surface area (Å²) in [6.45, 7) is 15.4. The number of benzene rings is 1. The number of piperazine rings is 1. The Kier molecular flexibility index (Phi) is 5.61. The second-order valence-corrected chi connectivity index (χ2v) is 12.2. The normalized spacial score (nSPS) is 20.6. The molecule has 10 nitrogen and oxygen atoms in total. The lowest BCUT2D eigenvalue weighted by molar-refractivity contribution is -0.00789. The van der Waals surface area contributed by atoms with Crippen molar-refractivity contribution < 1.29 is 14.3 Å². The summed E-state index contributed by atoms with van der Waals surface area (Å²) < 4.78 is 15.1. The summed E-state index contributed by atoms with van der Waals surface area (Å²) >= 11 is 0. The maximum atomic E-state index is 13.9. The molecule has 2 aromatic heterocycles. The van der Waals surface area contributed by atoms with Gasteiger partial charge in [0.2, 0.25) is 5.78 Å². The van der Waals surface area contributed by atoms with Crippen LogP contribution in [0.15, 0.2) is 23.0 Å². The summed E-state index contributed by atoms with van der Waals surface area (Å²) in [4.78, 5) is 35.2. The number of hydrogen-bond donors (Lipinski definition) is 0. The van der Waals surface area contributed by atoms with Gasteiger partial charge in [0.15, 0.2) is 5.82 Å². The zero-order valence-electron chi connectivity index (χ0n) is 23.1. The van der Waals surface area contributed by atoms with Crippen LogP contribution in [-0.2, 0) is 28.2 Å². The number of nitrogens with zero attached hydrogens (tertiary/aromatic N) is 6. The Morgan fingerprint density at radius 3 is 2.58 bits per heavy atom. The van der Waals surface area contributed by atoms with Gasteiger partial charge in [-0.1, -0.05) is 19.1 Å². The number of fused-ring (bicyclic) bond motifs is 4. The van der Waals surface area contributed by atoms with Gasteiger partial charge >= 0.3 is 6.09 Å². The highest BCUT2D eigenvalue weighted by molar-refractivity contribution is 5.69. The number of amides is 1. The lowest BCUT2D eigenvalue weighted by Crippen LogP contribution is -2.51. The van der Waals surface area contributed by atoms with E-state index in [0.29, 0.717) is 50.1 Å². The predicted octanol–water partition coefficient (Wildman–Crippen LogP) is 3.89. The van der Waals surface area contributed by atoms with E-state index in [4.69, 9.17) is 19.6 Å². The Hall–Kier alpha value is -3.40.